The molecule has 1 atom stereocenters. The first-order chi connectivity index (χ1) is 13.8. The average Bonchev–Trinajstić information content (AvgIpc) is 2.64. The number of piperidine rings is 1. The van der Waals surface area contributed by atoms with Crippen molar-refractivity contribution < 1.29 is 12.8 Å². The van der Waals surface area contributed by atoms with Crippen molar-refractivity contribution in [3.8, 4) is 0 Å². The first-order valence-corrected chi connectivity index (χ1v) is 12.5. The molecule has 0 aromatic heterocycles. The van der Waals surface area contributed by atoms with Crippen LogP contribution in [0.5, 0.6) is 0 Å². The zero-order valence-corrected chi connectivity index (χ0v) is 21.4. The highest BCUT2D eigenvalue weighted by molar-refractivity contribution is 14.0. The van der Waals surface area contributed by atoms with Crippen LogP contribution in [0.1, 0.15) is 44.2 Å². The van der Waals surface area contributed by atoms with Gasteiger partial charge in [0.15, 0.2) is 15.8 Å². The highest BCUT2D eigenvalue weighted by Crippen LogP contribution is 2.16. The Balaban J connectivity index is 0.00000450. The third kappa shape index (κ3) is 10.4. The molecule has 9 heteroatoms. The fourth-order valence-electron chi connectivity index (χ4n) is 3.67. The van der Waals surface area contributed by atoms with Crippen LogP contribution in [-0.4, -0.2) is 58.3 Å². The molecule has 172 valence electrons. The third-order valence-corrected chi connectivity index (χ3v) is 5.86. The lowest BCUT2D eigenvalue weighted by atomic mass is 10.0. The first kappa shape index (κ1) is 27.1. The van der Waals surface area contributed by atoms with Gasteiger partial charge in [-0.3, -0.25) is 0 Å². The van der Waals surface area contributed by atoms with E-state index in [4.69, 9.17) is 0 Å². The van der Waals surface area contributed by atoms with E-state index >= 15 is 0 Å². The van der Waals surface area contributed by atoms with Crippen LogP contribution in [0.25, 0.3) is 0 Å². The Morgan fingerprint density at radius 1 is 1.30 bits per heavy atom. The van der Waals surface area contributed by atoms with Crippen LogP contribution < -0.4 is 10.6 Å². The maximum Gasteiger partial charge on any atom is 0.191 e. The predicted molar refractivity (Wildman–Crippen MR) is 133 cm³/mol. The van der Waals surface area contributed by atoms with E-state index in [1.807, 2.05) is 6.92 Å². The van der Waals surface area contributed by atoms with E-state index in [-0.39, 0.29) is 42.1 Å². The molecule has 1 aliphatic heterocycles. The molecule has 1 unspecified atom stereocenters. The molecule has 0 spiro atoms. The molecule has 1 aromatic rings. The SMILES string of the molecule is CCNC(=NCc1cc(F)ccc1CS(C)(=O)=O)NCCCN1CCCC(C)C1.I. The summed E-state index contributed by atoms with van der Waals surface area (Å²) in [5.41, 5.74) is 1.18. The van der Waals surface area contributed by atoms with E-state index in [1.165, 1.54) is 50.4 Å². The lowest BCUT2D eigenvalue weighted by molar-refractivity contribution is 0.182. The largest absolute Gasteiger partial charge is 0.357 e. The van der Waals surface area contributed by atoms with Gasteiger partial charge in [-0.15, -0.1) is 24.0 Å². The smallest absolute Gasteiger partial charge is 0.191 e. The minimum Gasteiger partial charge on any atom is -0.357 e. The van der Waals surface area contributed by atoms with Crippen LogP contribution in [0.3, 0.4) is 0 Å². The Morgan fingerprint density at radius 2 is 2.07 bits per heavy atom. The number of sulfone groups is 1. The van der Waals surface area contributed by atoms with Gasteiger partial charge in [-0.05, 0) is 68.5 Å². The molecule has 1 saturated heterocycles. The number of halogens is 2. The van der Waals surface area contributed by atoms with Gasteiger partial charge in [-0.25, -0.2) is 17.8 Å². The normalized spacial score (nSPS) is 18.0. The molecule has 0 radical (unpaired) electrons. The molecule has 6 nitrogen and oxygen atoms in total. The van der Waals surface area contributed by atoms with Gasteiger partial charge in [0.1, 0.15) is 5.82 Å². The first-order valence-electron chi connectivity index (χ1n) is 10.5. The van der Waals surface area contributed by atoms with Crippen molar-refractivity contribution in [1.29, 1.82) is 0 Å². The highest BCUT2D eigenvalue weighted by atomic mass is 127. The van der Waals surface area contributed by atoms with Crippen molar-refractivity contribution in [2.75, 3.05) is 39.0 Å². The summed E-state index contributed by atoms with van der Waals surface area (Å²) in [6.45, 7) is 9.47. The topological polar surface area (TPSA) is 73.8 Å². The molecular formula is C21H36FIN4O2S. The van der Waals surface area contributed by atoms with Crippen molar-refractivity contribution in [1.82, 2.24) is 15.5 Å². The van der Waals surface area contributed by atoms with Gasteiger partial charge in [0.25, 0.3) is 0 Å². The predicted octanol–water partition coefficient (Wildman–Crippen LogP) is 3.17. The maximum absolute atomic E-state index is 13.7. The van der Waals surface area contributed by atoms with Crippen LogP contribution in [0.15, 0.2) is 23.2 Å². The van der Waals surface area contributed by atoms with Crippen molar-refractivity contribution >= 4 is 39.8 Å². The lowest BCUT2D eigenvalue weighted by Gasteiger charge is -2.30. The minimum atomic E-state index is -3.20. The number of aliphatic imine (C=N–C) groups is 1. The number of benzene rings is 1. The Hall–Kier alpha value is -0.940. The lowest BCUT2D eigenvalue weighted by Crippen LogP contribution is -2.40. The summed E-state index contributed by atoms with van der Waals surface area (Å²) in [5, 5.41) is 6.52. The number of nitrogens with zero attached hydrogens (tertiary/aromatic N) is 2. The second-order valence-electron chi connectivity index (χ2n) is 8.01. The number of rotatable bonds is 9. The molecule has 1 heterocycles. The summed E-state index contributed by atoms with van der Waals surface area (Å²) in [4.78, 5) is 7.05. The summed E-state index contributed by atoms with van der Waals surface area (Å²) in [7, 11) is -3.20. The van der Waals surface area contributed by atoms with Gasteiger partial charge < -0.3 is 15.5 Å². The molecule has 1 aromatic carbocycles. The van der Waals surface area contributed by atoms with E-state index in [0.717, 1.165) is 32.0 Å². The van der Waals surface area contributed by atoms with Crippen LogP contribution >= 0.6 is 24.0 Å². The number of nitrogens with one attached hydrogen (secondary N) is 2. The molecule has 2 N–H and O–H groups in total. The monoisotopic (exact) mass is 554 g/mol. The van der Waals surface area contributed by atoms with Gasteiger partial charge in [-0.2, -0.15) is 0 Å². The Kier molecular flexibility index (Phi) is 12.2. The van der Waals surface area contributed by atoms with E-state index in [2.05, 4.69) is 27.4 Å². The second kappa shape index (κ2) is 13.5. The fraction of sp³-hybridized carbons (Fsp3) is 0.667. The van der Waals surface area contributed by atoms with Gasteiger partial charge in [0.2, 0.25) is 0 Å². The zero-order valence-electron chi connectivity index (χ0n) is 18.3. The number of hydrogen-bond donors (Lipinski definition) is 2. The number of likely N-dealkylation sites (tertiary alicyclic amines) is 1. The van der Waals surface area contributed by atoms with Crippen LogP contribution in [-0.2, 0) is 22.1 Å². The zero-order chi connectivity index (χ0) is 21.3. The maximum atomic E-state index is 13.7. The van der Waals surface area contributed by atoms with E-state index in [1.54, 1.807) is 0 Å². The van der Waals surface area contributed by atoms with Crippen LogP contribution in [0.2, 0.25) is 0 Å². The number of guanidine groups is 1. The van der Waals surface area contributed by atoms with Crippen molar-refractivity contribution in [3.05, 3.63) is 35.1 Å². The minimum absolute atomic E-state index is 0. The molecule has 0 bridgehead atoms. The Morgan fingerprint density at radius 3 is 2.73 bits per heavy atom. The molecule has 0 aliphatic carbocycles. The quantitative estimate of drug-likeness (QED) is 0.213. The van der Waals surface area contributed by atoms with Crippen molar-refractivity contribution in [2.45, 2.75) is 45.4 Å². The van der Waals surface area contributed by atoms with Gasteiger partial charge in [-0.1, -0.05) is 13.0 Å². The average molecular weight is 555 g/mol. The van der Waals surface area contributed by atoms with Crippen LogP contribution in [0.4, 0.5) is 4.39 Å². The third-order valence-electron chi connectivity index (χ3n) is 5.02. The Labute approximate surface area is 198 Å². The van der Waals surface area contributed by atoms with E-state index in [0.29, 0.717) is 17.1 Å². The molecule has 1 fully saturated rings. The Bertz CT molecular complexity index is 789. The summed E-state index contributed by atoms with van der Waals surface area (Å²) in [6, 6.07) is 4.19. The van der Waals surface area contributed by atoms with Gasteiger partial charge in [0.05, 0.1) is 12.3 Å². The molecule has 0 amide bonds. The molecule has 0 saturated carbocycles. The number of hydrogen-bond acceptors (Lipinski definition) is 4. The van der Waals surface area contributed by atoms with E-state index in [9.17, 15) is 12.8 Å². The van der Waals surface area contributed by atoms with Gasteiger partial charge in [0, 0.05) is 25.9 Å². The molecular weight excluding hydrogens is 518 g/mol. The second-order valence-corrected chi connectivity index (χ2v) is 10.1. The summed E-state index contributed by atoms with van der Waals surface area (Å²) < 4.78 is 37.0. The standard InChI is InChI=1S/C21H35FN4O2S.HI/c1-4-23-21(24-10-6-12-26-11-5-7-17(2)15-26)25-14-19-13-20(22)9-8-18(19)16-29(3,27)28;/h8-9,13,17H,4-7,10-12,14-16H2,1-3H3,(H2,23,24,25);1H. The molecule has 30 heavy (non-hydrogen) atoms. The summed E-state index contributed by atoms with van der Waals surface area (Å²) in [5.74, 6) is 0.939. The molecule has 1 aliphatic rings. The van der Waals surface area contributed by atoms with Crippen molar-refractivity contribution in [3.63, 3.8) is 0 Å². The highest BCUT2D eigenvalue weighted by Gasteiger charge is 2.15. The van der Waals surface area contributed by atoms with Crippen LogP contribution in [0, 0.1) is 11.7 Å². The summed E-state index contributed by atoms with van der Waals surface area (Å²) >= 11 is 0. The fourth-order valence-corrected chi connectivity index (χ4v) is 4.52. The van der Waals surface area contributed by atoms with E-state index < -0.39 is 9.84 Å². The molecule has 2 rings (SSSR count). The van der Waals surface area contributed by atoms with Gasteiger partial charge >= 0.3 is 0 Å². The summed E-state index contributed by atoms with van der Waals surface area (Å²) in [6.07, 6.45) is 4.81. The van der Waals surface area contributed by atoms with Crippen molar-refractivity contribution in [2.24, 2.45) is 10.9 Å².